The number of aromatic nitrogens is 1. The number of rotatable bonds is 4. The van der Waals surface area contributed by atoms with Gasteiger partial charge in [0.2, 0.25) is 0 Å². The van der Waals surface area contributed by atoms with Crippen molar-refractivity contribution in [1.29, 1.82) is 0 Å². The van der Waals surface area contributed by atoms with E-state index in [1.165, 1.54) is 65.0 Å². The predicted octanol–water partition coefficient (Wildman–Crippen LogP) is 12.0. The van der Waals surface area contributed by atoms with Crippen molar-refractivity contribution in [3.8, 4) is 11.1 Å². The molecule has 0 aliphatic rings. The summed E-state index contributed by atoms with van der Waals surface area (Å²) in [5.74, 6) is 0.881. The van der Waals surface area contributed by atoms with E-state index >= 15 is 0 Å². The van der Waals surface area contributed by atoms with Gasteiger partial charge in [-0.3, -0.25) is 4.90 Å². The van der Waals surface area contributed by atoms with E-state index < -0.39 is 0 Å². The highest BCUT2D eigenvalue weighted by Crippen LogP contribution is 2.50. The Morgan fingerprint density at radius 2 is 0.911 bits per heavy atom. The Balaban J connectivity index is 1.46. The third-order valence-corrected chi connectivity index (χ3v) is 9.05. The van der Waals surface area contributed by atoms with Gasteiger partial charge in [0.15, 0.2) is 0 Å². The van der Waals surface area contributed by atoms with Crippen LogP contribution in [0, 0.1) is 0 Å². The van der Waals surface area contributed by atoms with Crippen LogP contribution in [0.5, 0.6) is 0 Å². The lowest BCUT2D eigenvalue weighted by Crippen LogP contribution is -2.13. The zero-order valence-corrected chi connectivity index (χ0v) is 24.6. The lowest BCUT2D eigenvalue weighted by atomic mass is 9.87. The molecule has 0 saturated heterocycles. The normalized spacial score (nSPS) is 11.6. The summed E-state index contributed by atoms with van der Waals surface area (Å²) in [7, 11) is 0. The molecule has 0 N–H and O–H groups in total. The van der Waals surface area contributed by atoms with Crippen LogP contribution >= 0.6 is 0 Å². The van der Waals surface area contributed by atoms with Gasteiger partial charge in [0.1, 0.15) is 5.82 Å². The van der Waals surface area contributed by atoms with Crippen molar-refractivity contribution in [3.05, 3.63) is 170 Å². The summed E-state index contributed by atoms with van der Waals surface area (Å²) in [6.45, 7) is 0. The standard InChI is InChI=1S/C43H28N2/c1-3-17-31-29(14-1)16-13-25-35(31)42-36-21-7-9-23-38(36)43(39-24-10-8-22-37(39)42)45(41-26-11-12-27-44-41)40-28-30-15-2-4-18-32(30)33-19-5-6-20-34(33)40/h1-28H. The molecule has 9 rings (SSSR count). The van der Waals surface area contributed by atoms with Crippen LogP contribution in [0.1, 0.15) is 0 Å². The Kier molecular flexibility index (Phi) is 5.85. The van der Waals surface area contributed by atoms with E-state index in [-0.39, 0.29) is 0 Å². The SMILES string of the molecule is c1ccc(N(c2c3ccccc3c(-c3cccc4ccccc34)c3ccccc23)c2cc3ccccc3c3ccccc23)nc1. The summed E-state index contributed by atoms with van der Waals surface area (Å²) in [5.41, 5.74) is 4.74. The van der Waals surface area contributed by atoms with Gasteiger partial charge in [-0.15, -0.1) is 0 Å². The number of hydrogen-bond acceptors (Lipinski definition) is 2. The lowest BCUT2D eigenvalue weighted by molar-refractivity contribution is 1.20. The molecule has 0 amide bonds. The maximum atomic E-state index is 4.98. The second-order valence-electron chi connectivity index (χ2n) is 11.5. The van der Waals surface area contributed by atoms with E-state index in [2.05, 4.69) is 163 Å². The molecule has 210 valence electrons. The number of pyridine rings is 1. The van der Waals surface area contributed by atoms with Crippen molar-refractivity contribution in [2.45, 2.75) is 0 Å². The van der Waals surface area contributed by atoms with Gasteiger partial charge in [-0.1, -0.05) is 146 Å². The van der Waals surface area contributed by atoms with E-state index in [0.717, 1.165) is 17.2 Å². The van der Waals surface area contributed by atoms with Crippen LogP contribution in [0.4, 0.5) is 17.2 Å². The number of fused-ring (bicyclic) bond motifs is 6. The van der Waals surface area contributed by atoms with Gasteiger partial charge < -0.3 is 0 Å². The van der Waals surface area contributed by atoms with E-state index in [4.69, 9.17) is 4.98 Å². The van der Waals surface area contributed by atoms with E-state index in [0.29, 0.717) is 0 Å². The average molecular weight is 573 g/mol. The first-order chi connectivity index (χ1) is 22.4. The predicted molar refractivity (Wildman–Crippen MR) is 192 cm³/mol. The molecule has 8 aromatic carbocycles. The number of hydrogen-bond donors (Lipinski definition) is 0. The van der Waals surface area contributed by atoms with Crippen LogP contribution in [-0.4, -0.2) is 4.98 Å². The Labute approximate surface area is 261 Å². The van der Waals surface area contributed by atoms with Gasteiger partial charge in [0.05, 0.1) is 11.4 Å². The molecule has 45 heavy (non-hydrogen) atoms. The largest absolute Gasteiger partial charge is 0.293 e. The smallest absolute Gasteiger partial charge is 0.137 e. The minimum absolute atomic E-state index is 0.881. The highest BCUT2D eigenvalue weighted by atomic mass is 15.2. The van der Waals surface area contributed by atoms with Crippen molar-refractivity contribution >= 4 is 71.1 Å². The molecule has 1 aromatic heterocycles. The molecule has 0 radical (unpaired) electrons. The number of nitrogens with zero attached hydrogens (tertiary/aromatic N) is 2. The van der Waals surface area contributed by atoms with E-state index in [1.807, 2.05) is 12.3 Å². The minimum Gasteiger partial charge on any atom is -0.293 e. The molecule has 1 heterocycles. The van der Waals surface area contributed by atoms with Crippen LogP contribution < -0.4 is 4.90 Å². The van der Waals surface area contributed by atoms with Crippen LogP contribution in [0.2, 0.25) is 0 Å². The fraction of sp³-hybridized carbons (Fsp3) is 0. The monoisotopic (exact) mass is 572 g/mol. The summed E-state index contributed by atoms with van der Waals surface area (Å²) in [5, 5.41) is 12.2. The summed E-state index contributed by atoms with van der Waals surface area (Å²) < 4.78 is 0. The summed E-state index contributed by atoms with van der Waals surface area (Å²) in [6.07, 6.45) is 1.89. The second kappa shape index (κ2) is 10.3. The third kappa shape index (κ3) is 4.00. The average Bonchev–Trinajstić information content (AvgIpc) is 3.12. The van der Waals surface area contributed by atoms with E-state index in [1.54, 1.807) is 0 Å². The first kappa shape index (κ1) is 25.5. The quantitative estimate of drug-likeness (QED) is 0.154. The molecule has 0 spiro atoms. The zero-order chi connectivity index (χ0) is 29.7. The fourth-order valence-corrected chi connectivity index (χ4v) is 7.14. The van der Waals surface area contributed by atoms with Crippen molar-refractivity contribution in [1.82, 2.24) is 4.98 Å². The minimum atomic E-state index is 0.881. The maximum Gasteiger partial charge on any atom is 0.137 e. The number of benzene rings is 8. The molecular weight excluding hydrogens is 544 g/mol. The molecule has 0 fully saturated rings. The Morgan fingerprint density at radius 3 is 1.60 bits per heavy atom. The Bertz CT molecular complexity index is 2490. The maximum absolute atomic E-state index is 4.98. The number of anilines is 3. The molecule has 0 aliphatic carbocycles. The van der Waals surface area contributed by atoms with Gasteiger partial charge in [0, 0.05) is 22.4 Å². The molecule has 0 saturated carbocycles. The van der Waals surface area contributed by atoms with Gasteiger partial charge >= 0.3 is 0 Å². The first-order valence-electron chi connectivity index (χ1n) is 15.4. The molecule has 0 bridgehead atoms. The van der Waals surface area contributed by atoms with Crippen LogP contribution in [0.15, 0.2) is 170 Å². The first-order valence-corrected chi connectivity index (χ1v) is 15.4. The van der Waals surface area contributed by atoms with Crippen molar-refractivity contribution in [3.63, 3.8) is 0 Å². The van der Waals surface area contributed by atoms with Gasteiger partial charge in [-0.2, -0.15) is 0 Å². The summed E-state index contributed by atoms with van der Waals surface area (Å²) in [4.78, 5) is 7.36. The van der Waals surface area contributed by atoms with Crippen molar-refractivity contribution < 1.29 is 0 Å². The zero-order valence-electron chi connectivity index (χ0n) is 24.6. The Hall–Kier alpha value is -5.99. The Morgan fingerprint density at radius 1 is 0.378 bits per heavy atom. The molecule has 2 nitrogen and oxygen atoms in total. The third-order valence-electron chi connectivity index (χ3n) is 9.05. The van der Waals surface area contributed by atoms with Crippen LogP contribution in [0.3, 0.4) is 0 Å². The van der Waals surface area contributed by atoms with Crippen LogP contribution in [-0.2, 0) is 0 Å². The van der Waals surface area contributed by atoms with E-state index in [9.17, 15) is 0 Å². The lowest BCUT2D eigenvalue weighted by Gasteiger charge is -2.30. The molecule has 9 aromatic rings. The molecule has 0 aliphatic heterocycles. The highest BCUT2D eigenvalue weighted by Gasteiger charge is 2.24. The van der Waals surface area contributed by atoms with Gasteiger partial charge in [0.25, 0.3) is 0 Å². The van der Waals surface area contributed by atoms with Gasteiger partial charge in [-0.05, 0) is 67.0 Å². The van der Waals surface area contributed by atoms with Gasteiger partial charge in [-0.25, -0.2) is 4.98 Å². The molecular formula is C43H28N2. The molecule has 0 unspecified atom stereocenters. The topological polar surface area (TPSA) is 16.1 Å². The fourth-order valence-electron chi connectivity index (χ4n) is 7.14. The highest BCUT2D eigenvalue weighted by molar-refractivity contribution is 6.25. The molecule has 0 atom stereocenters. The van der Waals surface area contributed by atoms with Crippen molar-refractivity contribution in [2.75, 3.05) is 4.90 Å². The van der Waals surface area contributed by atoms with Crippen molar-refractivity contribution in [2.24, 2.45) is 0 Å². The second-order valence-corrected chi connectivity index (χ2v) is 11.5. The summed E-state index contributed by atoms with van der Waals surface area (Å²) in [6, 6.07) is 59.0. The van der Waals surface area contributed by atoms with Crippen LogP contribution in [0.25, 0.3) is 65.0 Å². The molecule has 2 heteroatoms. The summed E-state index contributed by atoms with van der Waals surface area (Å²) >= 11 is 0.